The van der Waals surface area contributed by atoms with Crippen LogP contribution in [-0.2, 0) is 16.6 Å². The van der Waals surface area contributed by atoms with E-state index in [4.69, 9.17) is 9.47 Å². The summed E-state index contributed by atoms with van der Waals surface area (Å²) in [5.41, 5.74) is 3.33. The van der Waals surface area contributed by atoms with Gasteiger partial charge in [0.1, 0.15) is 0 Å². The van der Waals surface area contributed by atoms with E-state index in [1.54, 1.807) is 19.2 Å². The van der Waals surface area contributed by atoms with Crippen LogP contribution in [0.25, 0.3) is 0 Å². The van der Waals surface area contributed by atoms with Crippen molar-refractivity contribution in [2.45, 2.75) is 39.1 Å². The third-order valence-electron chi connectivity index (χ3n) is 3.87. The Labute approximate surface area is 150 Å². The van der Waals surface area contributed by atoms with Crippen molar-refractivity contribution in [3.8, 4) is 11.5 Å². The first-order chi connectivity index (χ1) is 11.8. The molecule has 0 spiro atoms. The first-order valence-corrected chi connectivity index (χ1v) is 9.64. The molecule has 0 radical (unpaired) electrons. The SMILES string of the molecule is CCOc1ccc(CNS(=O)(=O)c2c(C)cc(C)cc2C)cc1OC. The van der Waals surface area contributed by atoms with E-state index in [0.29, 0.717) is 23.0 Å². The van der Waals surface area contributed by atoms with E-state index in [2.05, 4.69) is 4.72 Å². The zero-order chi connectivity index (χ0) is 18.6. The summed E-state index contributed by atoms with van der Waals surface area (Å²) in [6.07, 6.45) is 0. The Kier molecular flexibility index (Phi) is 6.08. The minimum absolute atomic E-state index is 0.178. The third-order valence-corrected chi connectivity index (χ3v) is 5.57. The largest absolute Gasteiger partial charge is 0.493 e. The van der Waals surface area contributed by atoms with Crippen molar-refractivity contribution in [1.82, 2.24) is 4.72 Å². The van der Waals surface area contributed by atoms with Gasteiger partial charge in [0.25, 0.3) is 0 Å². The normalized spacial score (nSPS) is 11.4. The molecule has 136 valence electrons. The van der Waals surface area contributed by atoms with Crippen molar-refractivity contribution >= 4 is 10.0 Å². The van der Waals surface area contributed by atoms with E-state index in [-0.39, 0.29) is 6.54 Å². The summed E-state index contributed by atoms with van der Waals surface area (Å²) in [6, 6.07) is 9.14. The Morgan fingerprint density at radius 3 is 2.20 bits per heavy atom. The molecule has 0 aliphatic rings. The standard InChI is InChI=1S/C19H25NO4S/c1-6-24-17-8-7-16(11-18(17)23-5)12-20-25(21,22)19-14(3)9-13(2)10-15(19)4/h7-11,20H,6,12H2,1-5H3. The van der Waals surface area contributed by atoms with Gasteiger partial charge in [0, 0.05) is 6.54 Å². The molecule has 2 rings (SSSR count). The molecule has 0 aromatic heterocycles. The van der Waals surface area contributed by atoms with Crippen molar-refractivity contribution in [2.24, 2.45) is 0 Å². The van der Waals surface area contributed by atoms with Gasteiger partial charge in [0.05, 0.1) is 18.6 Å². The Hall–Kier alpha value is -2.05. The van der Waals surface area contributed by atoms with Gasteiger partial charge in [-0.2, -0.15) is 0 Å². The summed E-state index contributed by atoms with van der Waals surface area (Å²) in [5, 5.41) is 0. The van der Waals surface area contributed by atoms with Crippen LogP contribution in [-0.4, -0.2) is 22.1 Å². The molecule has 2 aromatic rings. The zero-order valence-corrected chi connectivity index (χ0v) is 16.2. The van der Waals surface area contributed by atoms with Crippen LogP contribution in [0.5, 0.6) is 11.5 Å². The van der Waals surface area contributed by atoms with Crippen LogP contribution in [0.1, 0.15) is 29.2 Å². The van der Waals surface area contributed by atoms with Crippen molar-refractivity contribution in [2.75, 3.05) is 13.7 Å². The Morgan fingerprint density at radius 1 is 1.00 bits per heavy atom. The van der Waals surface area contributed by atoms with E-state index in [9.17, 15) is 8.42 Å². The maximum absolute atomic E-state index is 12.7. The van der Waals surface area contributed by atoms with Gasteiger partial charge in [-0.25, -0.2) is 13.1 Å². The Bertz CT molecular complexity index is 837. The molecule has 0 aliphatic carbocycles. The summed E-state index contributed by atoms with van der Waals surface area (Å²) < 4.78 is 38.9. The van der Waals surface area contributed by atoms with E-state index in [1.165, 1.54) is 0 Å². The Morgan fingerprint density at radius 2 is 1.64 bits per heavy atom. The smallest absolute Gasteiger partial charge is 0.241 e. The van der Waals surface area contributed by atoms with Crippen molar-refractivity contribution in [3.05, 3.63) is 52.6 Å². The van der Waals surface area contributed by atoms with E-state index in [1.807, 2.05) is 45.9 Å². The quantitative estimate of drug-likeness (QED) is 0.818. The number of nitrogens with one attached hydrogen (secondary N) is 1. The minimum Gasteiger partial charge on any atom is -0.493 e. The van der Waals surface area contributed by atoms with Crippen LogP contribution in [0.2, 0.25) is 0 Å². The highest BCUT2D eigenvalue weighted by Crippen LogP contribution is 2.28. The molecule has 0 saturated heterocycles. The van der Waals surface area contributed by atoms with E-state index in [0.717, 1.165) is 22.3 Å². The second-order valence-corrected chi connectivity index (χ2v) is 7.67. The summed E-state index contributed by atoms with van der Waals surface area (Å²) in [7, 11) is -2.04. The van der Waals surface area contributed by atoms with Gasteiger partial charge in [-0.1, -0.05) is 23.8 Å². The molecule has 25 heavy (non-hydrogen) atoms. The lowest BCUT2D eigenvalue weighted by atomic mass is 10.1. The number of ether oxygens (including phenoxy) is 2. The molecular weight excluding hydrogens is 338 g/mol. The molecule has 0 unspecified atom stereocenters. The molecule has 0 bridgehead atoms. The van der Waals surface area contributed by atoms with Crippen molar-refractivity contribution < 1.29 is 17.9 Å². The predicted molar refractivity (Wildman–Crippen MR) is 98.8 cm³/mol. The molecule has 2 aromatic carbocycles. The van der Waals surface area contributed by atoms with E-state index < -0.39 is 10.0 Å². The van der Waals surface area contributed by atoms with Crippen LogP contribution >= 0.6 is 0 Å². The second kappa shape index (κ2) is 7.89. The van der Waals surface area contributed by atoms with Gasteiger partial charge in [-0.3, -0.25) is 0 Å². The summed E-state index contributed by atoms with van der Waals surface area (Å²) >= 11 is 0. The molecule has 0 fully saturated rings. The number of methoxy groups -OCH3 is 1. The number of sulfonamides is 1. The van der Waals surface area contributed by atoms with Crippen molar-refractivity contribution in [3.63, 3.8) is 0 Å². The highest BCUT2D eigenvalue weighted by Gasteiger charge is 2.19. The molecule has 0 aliphatic heterocycles. The highest BCUT2D eigenvalue weighted by atomic mass is 32.2. The van der Waals surface area contributed by atoms with Crippen LogP contribution in [0, 0.1) is 20.8 Å². The molecule has 1 N–H and O–H groups in total. The lowest BCUT2D eigenvalue weighted by Gasteiger charge is -2.14. The topological polar surface area (TPSA) is 64.6 Å². The molecule has 0 atom stereocenters. The first-order valence-electron chi connectivity index (χ1n) is 8.15. The average Bonchev–Trinajstić information content (AvgIpc) is 2.53. The maximum atomic E-state index is 12.7. The molecule has 6 heteroatoms. The highest BCUT2D eigenvalue weighted by molar-refractivity contribution is 7.89. The van der Waals surface area contributed by atoms with Gasteiger partial charge >= 0.3 is 0 Å². The zero-order valence-electron chi connectivity index (χ0n) is 15.3. The van der Waals surface area contributed by atoms with Crippen LogP contribution < -0.4 is 14.2 Å². The number of benzene rings is 2. The number of rotatable bonds is 7. The minimum atomic E-state index is -3.60. The van der Waals surface area contributed by atoms with Gasteiger partial charge in [-0.15, -0.1) is 0 Å². The average molecular weight is 363 g/mol. The van der Waals surface area contributed by atoms with Gasteiger partial charge in [0.15, 0.2) is 11.5 Å². The fourth-order valence-corrected chi connectivity index (χ4v) is 4.40. The molecule has 0 heterocycles. The maximum Gasteiger partial charge on any atom is 0.241 e. The van der Waals surface area contributed by atoms with Crippen LogP contribution in [0.15, 0.2) is 35.2 Å². The monoisotopic (exact) mass is 363 g/mol. The number of hydrogen-bond acceptors (Lipinski definition) is 4. The summed E-state index contributed by atoms with van der Waals surface area (Å²) in [6.45, 7) is 8.19. The Balaban J connectivity index is 2.23. The number of aryl methyl sites for hydroxylation is 3. The first kappa shape index (κ1) is 19.3. The van der Waals surface area contributed by atoms with Crippen LogP contribution in [0.3, 0.4) is 0 Å². The molecule has 0 saturated carbocycles. The summed E-state index contributed by atoms with van der Waals surface area (Å²) in [4.78, 5) is 0.344. The molecule has 5 nitrogen and oxygen atoms in total. The van der Waals surface area contributed by atoms with Crippen molar-refractivity contribution in [1.29, 1.82) is 0 Å². The third kappa shape index (κ3) is 4.52. The van der Waals surface area contributed by atoms with Gasteiger partial charge < -0.3 is 9.47 Å². The van der Waals surface area contributed by atoms with Gasteiger partial charge in [0.2, 0.25) is 10.0 Å². The second-order valence-electron chi connectivity index (χ2n) is 5.97. The molecule has 0 amide bonds. The fraction of sp³-hybridized carbons (Fsp3) is 0.368. The lowest BCUT2D eigenvalue weighted by molar-refractivity contribution is 0.310. The summed E-state index contributed by atoms with van der Waals surface area (Å²) in [5.74, 6) is 1.23. The van der Waals surface area contributed by atoms with Crippen LogP contribution in [0.4, 0.5) is 0 Å². The predicted octanol–water partition coefficient (Wildman–Crippen LogP) is 3.50. The fourth-order valence-electron chi connectivity index (χ4n) is 2.94. The molecular formula is C19H25NO4S. The van der Waals surface area contributed by atoms with Gasteiger partial charge in [-0.05, 0) is 56.5 Å². The number of hydrogen-bond donors (Lipinski definition) is 1. The van der Waals surface area contributed by atoms with E-state index >= 15 is 0 Å². The lowest BCUT2D eigenvalue weighted by Crippen LogP contribution is -2.25.